The molecular weight excluding hydrogens is 182 g/mol. The van der Waals surface area contributed by atoms with Crippen LogP contribution in [0.5, 0.6) is 0 Å². The molecule has 1 saturated heterocycles. The minimum Gasteiger partial charge on any atom is -0.329 e. The molecule has 0 aromatic rings. The number of amides is 3. The van der Waals surface area contributed by atoms with Crippen molar-refractivity contribution >= 4 is 11.9 Å². The highest BCUT2D eigenvalue weighted by Crippen LogP contribution is 2.32. The van der Waals surface area contributed by atoms with E-state index in [9.17, 15) is 9.59 Å². The number of carbonyl (C=O) groups is 2. The minimum atomic E-state index is -0.253. The Morgan fingerprint density at radius 2 is 2.21 bits per heavy atom. The highest BCUT2D eigenvalue weighted by molar-refractivity contribution is 6.02. The van der Waals surface area contributed by atoms with E-state index in [0.717, 1.165) is 12.8 Å². The largest absolute Gasteiger partial charge is 0.329 e. The molecule has 1 heterocycles. The third kappa shape index (κ3) is 1.37. The molecule has 3 amide bonds. The fourth-order valence-electron chi connectivity index (χ4n) is 2.01. The normalized spacial score (nSPS) is 24.8. The molecule has 2 fully saturated rings. The average Bonchev–Trinajstić information content (AvgIpc) is 2.41. The Balaban J connectivity index is 2.02. The van der Waals surface area contributed by atoms with Crippen LogP contribution in [0.1, 0.15) is 19.3 Å². The van der Waals surface area contributed by atoms with E-state index in [1.165, 1.54) is 11.3 Å². The minimum absolute atomic E-state index is 0.0165. The highest BCUT2D eigenvalue weighted by atomic mass is 16.2. The SMILES string of the molecule is CNC1(CN2C(=O)CNC2=O)CCC1. The summed E-state index contributed by atoms with van der Waals surface area (Å²) in [6.45, 7) is 0.660. The van der Waals surface area contributed by atoms with Crippen molar-refractivity contribution in [2.75, 3.05) is 20.1 Å². The zero-order valence-electron chi connectivity index (χ0n) is 8.30. The molecule has 0 aromatic heterocycles. The Morgan fingerprint density at radius 1 is 1.50 bits per heavy atom. The Labute approximate surface area is 82.8 Å². The molecule has 78 valence electrons. The maximum Gasteiger partial charge on any atom is 0.324 e. The van der Waals surface area contributed by atoms with Gasteiger partial charge < -0.3 is 10.6 Å². The topological polar surface area (TPSA) is 61.4 Å². The fraction of sp³-hybridized carbons (Fsp3) is 0.778. The van der Waals surface area contributed by atoms with Crippen molar-refractivity contribution < 1.29 is 9.59 Å². The van der Waals surface area contributed by atoms with Gasteiger partial charge in [0.25, 0.3) is 0 Å². The number of hydrogen-bond acceptors (Lipinski definition) is 3. The summed E-state index contributed by atoms with van der Waals surface area (Å²) < 4.78 is 0. The number of likely N-dealkylation sites (N-methyl/N-ethyl adjacent to an activating group) is 1. The number of imide groups is 1. The predicted molar refractivity (Wildman–Crippen MR) is 50.8 cm³/mol. The molecule has 0 aromatic carbocycles. The summed E-state index contributed by atoms with van der Waals surface area (Å²) in [5, 5.41) is 5.73. The van der Waals surface area contributed by atoms with Crippen molar-refractivity contribution in [3.05, 3.63) is 0 Å². The zero-order chi connectivity index (χ0) is 10.2. The van der Waals surface area contributed by atoms with Crippen LogP contribution in [-0.2, 0) is 4.79 Å². The third-order valence-corrected chi connectivity index (χ3v) is 3.24. The van der Waals surface area contributed by atoms with Gasteiger partial charge in [0, 0.05) is 12.1 Å². The first-order valence-electron chi connectivity index (χ1n) is 4.94. The molecular formula is C9H15N3O2. The van der Waals surface area contributed by atoms with Gasteiger partial charge in [-0.3, -0.25) is 9.69 Å². The molecule has 0 spiro atoms. The van der Waals surface area contributed by atoms with Gasteiger partial charge in [-0.05, 0) is 26.3 Å². The van der Waals surface area contributed by atoms with Crippen LogP contribution in [0.25, 0.3) is 0 Å². The van der Waals surface area contributed by atoms with Gasteiger partial charge in [-0.1, -0.05) is 0 Å². The maximum atomic E-state index is 11.3. The second kappa shape index (κ2) is 3.24. The Kier molecular flexibility index (Phi) is 2.19. The molecule has 5 heteroatoms. The summed E-state index contributed by atoms with van der Waals surface area (Å²) in [7, 11) is 1.89. The van der Waals surface area contributed by atoms with Crippen LogP contribution in [-0.4, -0.2) is 42.5 Å². The smallest absolute Gasteiger partial charge is 0.324 e. The van der Waals surface area contributed by atoms with Crippen molar-refractivity contribution in [2.45, 2.75) is 24.8 Å². The van der Waals surface area contributed by atoms with Crippen molar-refractivity contribution in [1.29, 1.82) is 0 Å². The molecule has 1 aliphatic heterocycles. The fourth-order valence-corrected chi connectivity index (χ4v) is 2.01. The molecule has 0 bridgehead atoms. The number of nitrogens with one attached hydrogen (secondary N) is 2. The summed E-state index contributed by atoms with van der Waals surface area (Å²) in [5.74, 6) is -0.114. The first kappa shape index (κ1) is 9.45. The van der Waals surface area contributed by atoms with E-state index in [0.29, 0.717) is 6.54 Å². The van der Waals surface area contributed by atoms with E-state index in [1.54, 1.807) is 0 Å². The Bertz CT molecular complexity index is 252. The lowest BCUT2D eigenvalue weighted by Gasteiger charge is -2.43. The molecule has 1 aliphatic carbocycles. The van der Waals surface area contributed by atoms with Crippen LogP contribution >= 0.6 is 0 Å². The van der Waals surface area contributed by atoms with Gasteiger partial charge in [-0.2, -0.15) is 0 Å². The lowest BCUT2D eigenvalue weighted by Crippen LogP contribution is -2.57. The molecule has 5 nitrogen and oxygen atoms in total. The van der Waals surface area contributed by atoms with E-state index >= 15 is 0 Å². The van der Waals surface area contributed by atoms with Gasteiger partial charge in [-0.25, -0.2) is 4.79 Å². The second-order valence-corrected chi connectivity index (χ2v) is 4.02. The molecule has 2 aliphatic rings. The summed E-state index contributed by atoms with van der Waals surface area (Å²) in [6.07, 6.45) is 3.26. The first-order valence-corrected chi connectivity index (χ1v) is 4.94. The first-order chi connectivity index (χ1) is 6.67. The van der Waals surface area contributed by atoms with Crippen LogP contribution in [0.15, 0.2) is 0 Å². The Hall–Kier alpha value is -1.10. The molecule has 2 rings (SSSR count). The summed E-state index contributed by atoms with van der Waals surface area (Å²) in [4.78, 5) is 23.9. The molecule has 0 atom stereocenters. The third-order valence-electron chi connectivity index (χ3n) is 3.24. The van der Waals surface area contributed by atoms with E-state index < -0.39 is 0 Å². The van der Waals surface area contributed by atoms with Crippen LogP contribution in [0.2, 0.25) is 0 Å². The van der Waals surface area contributed by atoms with Gasteiger partial charge in [0.2, 0.25) is 5.91 Å². The van der Waals surface area contributed by atoms with E-state index in [4.69, 9.17) is 0 Å². The van der Waals surface area contributed by atoms with E-state index in [1.807, 2.05) is 7.05 Å². The van der Waals surface area contributed by atoms with Gasteiger partial charge in [0.05, 0.1) is 6.54 Å². The number of carbonyl (C=O) groups excluding carboxylic acids is 2. The number of hydrogen-bond donors (Lipinski definition) is 2. The highest BCUT2D eigenvalue weighted by Gasteiger charge is 2.41. The number of nitrogens with zero attached hydrogens (tertiary/aromatic N) is 1. The Morgan fingerprint density at radius 3 is 2.57 bits per heavy atom. The molecule has 14 heavy (non-hydrogen) atoms. The van der Waals surface area contributed by atoms with Crippen LogP contribution in [0, 0.1) is 0 Å². The van der Waals surface area contributed by atoms with Gasteiger partial charge >= 0.3 is 6.03 Å². The van der Waals surface area contributed by atoms with Gasteiger partial charge in [-0.15, -0.1) is 0 Å². The van der Waals surface area contributed by atoms with Gasteiger partial charge in [0.1, 0.15) is 0 Å². The molecule has 0 radical (unpaired) electrons. The molecule has 0 unspecified atom stereocenters. The summed E-state index contributed by atoms with van der Waals surface area (Å²) >= 11 is 0. The van der Waals surface area contributed by atoms with Crippen molar-refractivity contribution in [2.24, 2.45) is 0 Å². The second-order valence-electron chi connectivity index (χ2n) is 4.02. The van der Waals surface area contributed by atoms with E-state index in [-0.39, 0.29) is 24.0 Å². The summed E-state index contributed by atoms with van der Waals surface area (Å²) in [6, 6.07) is -0.253. The van der Waals surface area contributed by atoms with Crippen LogP contribution in [0.4, 0.5) is 4.79 Å². The lowest BCUT2D eigenvalue weighted by atomic mass is 9.76. The lowest BCUT2D eigenvalue weighted by molar-refractivity contribution is -0.126. The standard InChI is InChI=1S/C9H15N3O2/c1-10-9(3-2-4-9)6-12-7(13)5-11-8(12)14/h10H,2-6H2,1H3,(H,11,14). The van der Waals surface area contributed by atoms with Gasteiger partial charge in [0.15, 0.2) is 0 Å². The van der Waals surface area contributed by atoms with Crippen molar-refractivity contribution in [3.63, 3.8) is 0 Å². The molecule has 2 N–H and O–H groups in total. The average molecular weight is 197 g/mol. The molecule has 1 saturated carbocycles. The van der Waals surface area contributed by atoms with E-state index in [2.05, 4.69) is 10.6 Å². The van der Waals surface area contributed by atoms with Crippen molar-refractivity contribution in [3.8, 4) is 0 Å². The monoisotopic (exact) mass is 197 g/mol. The maximum absolute atomic E-state index is 11.3. The number of urea groups is 1. The van der Waals surface area contributed by atoms with Crippen LogP contribution < -0.4 is 10.6 Å². The quantitative estimate of drug-likeness (QED) is 0.610. The number of rotatable bonds is 3. The predicted octanol–water partition coefficient (Wildman–Crippen LogP) is -0.320. The zero-order valence-corrected chi connectivity index (χ0v) is 8.30. The van der Waals surface area contributed by atoms with Crippen molar-refractivity contribution in [1.82, 2.24) is 15.5 Å². The van der Waals surface area contributed by atoms with Crippen LogP contribution in [0.3, 0.4) is 0 Å². The summed E-state index contributed by atoms with van der Waals surface area (Å²) in [5.41, 5.74) is -0.0165.